The van der Waals surface area contributed by atoms with Gasteiger partial charge >= 0.3 is 0 Å². The first-order chi connectivity index (χ1) is 14.5. The van der Waals surface area contributed by atoms with Gasteiger partial charge in [-0.15, -0.1) is 0 Å². The van der Waals surface area contributed by atoms with Crippen molar-refractivity contribution in [1.82, 2.24) is 4.90 Å². The van der Waals surface area contributed by atoms with Gasteiger partial charge in [0.1, 0.15) is 5.84 Å². The topological polar surface area (TPSA) is 60.2 Å². The number of nitrogens with zero attached hydrogens (tertiary/aromatic N) is 3. The molecule has 2 aromatic carbocycles. The number of likely N-dealkylation sites (tertiary alicyclic amines) is 1. The van der Waals surface area contributed by atoms with Crippen molar-refractivity contribution in [3.8, 4) is 0 Å². The molecule has 5 nitrogen and oxygen atoms in total. The van der Waals surface area contributed by atoms with E-state index in [-0.39, 0.29) is 17.8 Å². The average molecular weight is 477 g/mol. The molecule has 2 aliphatic rings. The lowest BCUT2D eigenvalue weighted by Crippen LogP contribution is -2.23. The molecule has 0 spiro atoms. The van der Waals surface area contributed by atoms with E-state index in [9.17, 15) is 14.0 Å². The number of aliphatic imine (C=N–C) groups is 1. The van der Waals surface area contributed by atoms with Crippen LogP contribution in [-0.4, -0.2) is 47.8 Å². The Morgan fingerprint density at radius 3 is 2.73 bits per heavy atom. The Hall–Kier alpha value is -2.32. The molecule has 8 heteroatoms. The number of fused-ring (bicyclic) bond motifs is 1. The lowest BCUT2D eigenvalue weighted by Gasteiger charge is -2.12. The van der Waals surface area contributed by atoms with Gasteiger partial charge in [0.05, 0.1) is 17.9 Å². The Bertz CT molecular complexity index is 1000. The summed E-state index contributed by atoms with van der Waals surface area (Å²) in [6, 6.07) is 8.66. The maximum absolute atomic E-state index is 14.5. The van der Waals surface area contributed by atoms with Crippen molar-refractivity contribution in [1.29, 1.82) is 0 Å². The second-order valence-corrected chi connectivity index (χ2v) is 8.52. The zero-order chi connectivity index (χ0) is 21.1. The molecule has 158 valence electrons. The van der Waals surface area contributed by atoms with Crippen LogP contribution in [0.3, 0.4) is 0 Å². The molecule has 2 heterocycles. The van der Waals surface area contributed by atoms with Crippen LogP contribution in [0.5, 0.6) is 0 Å². The first-order valence-electron chi connectivity index (χ1n) is 10.0. The lowest BCUT2D eigenvalue weighted by molar-refractivity contribution is 0.318. The van der Waals surface area contributed by atoms with E-state index in [2.05, 4.69) is 36.3 Å². The second-order valence-electron chi connectivity index (χ2n) is 7.61. The van der Waals surface area contributed by atoms with Gasteiger partial charge < -0.3 is 15.4 Å². The molecule has 30 heavy (non-hydrogen) atoms. The minimum Gasteiger partial charge on any atom is -0.411 e. The predicted octanol–water partition coefficient (Wildman–Crippen LogP) is 4.61. The summed E-state index contributed by atoms with van der Waals surface area (Å²) in [6.45, 7) is 3.65. The largest absolute Gasteiger partial charge is 0.411 e. The molecule has 0 aliphatic carbocycles. The van der Waals surface area contributed by atoms with Crippen LogP contribution in [0.2, 0.25) is 0 Å². The number of anilines is 1. The third-order valence-corrected chi connectivity index (χ3v) is 6.04. The predicted molar refractivity (Wildman–Crippen MR) is 118 cm³/mol. The van der Waals surface area contributed by atoms with Crippen LogP contribution in [0.25, 0.3) is 0 Å². The van der Waals surface area contributed by atoms with Gasteiger partial charge in [-0.2, -0.15) is 0 Å². The molecule has 0 aromatic heterocycles. The highest BCUT2D eigenvalue weighted by molar-refractivity contribution is 9.10. The summed E-state index contributed by atoms with van der Waals surface area (Å²) in [6.07, 6.45) is 3.07. The van der Waals surface area contributed by atoms with E-state index in [4.69, 9.17) is 0 Å². The molecule has 2 N–H and O–H groups in total. The number of amidine groups is 1. The summed E-state index contributed by atoms with van der Waals surface area (Å²) < 4.78 is 29.7. The van der Waals surface area contributed by atoms with E-state index < -0.39 is 11.6 Å². The summed E-state index contributed by atoms with van der Waals surface area (Å²) in [7, 11) is 0. The molecular weight excluding hydrogens is 454 g/mol. The molecule has 2 aliphatic heterocycles. The second kappa shape index (κ2) is 9.22. The molecule has 0 amide bonds. The fraction of sp³-hybridized carbons (Fsp3) is 0.364. The van der Waals surface area contributed by atoms with E-state index >= 15 is 0 Å². The molecule has 0 atom stereocenters. The number of benzene rings is 2. The minimum atomic E-state index is -0.982. The molecule has 1 saturated heterocycles. The van der Waals surface area contributed by atoms with Crippen molar-refractivity contribution in [3.05, 3.63) is 63.1 Å². The van der Waals surface area contributed by atoms with Gasteiger partial charge in [-0.25, -0.2) is 8.78 Å². The monoisotopic (exact) mass is 476 g/mol. The summed E-state index contributed by atoms with van der Waals surface area (Å²) >= 11 is 3.42. The summed E-state index contributed by atoms with van der Waals surface area (Å²) in [4.78, 5) is 6.91. The average Bonchev–Trinajstić information content (AvgIpc) is 3.39. The number of rotatable bonds is 6. The van der Waals surface area contributed by atoms with Gasteiger partial charge in [0.25, 0.3) is 0 Å². The molecule has 2 aromatic rings. The fourth-order valence-corrected chi connectivity index (χ4v) is 4.49. The van der Waals surface area contributed by atoms with Crippen molar-refractivity contribution < 1.29 is 14.0 Å². The van der Waals surface area contributed by atoms with Crippen LogP contribution < -0.4 is 5.32 Å². The van der Waals surface area contributed by atoms with Crippen molar-refractivity contribution in [2.24, 2.45) is 10.1 Å². The van der Waals surface area contributed by atoms with Crippen LogP contribution in [0, 0.1) is 11.6 Å². The molecular formula is C22H23BrF2N4O. The number of hydrogen-bond donors (Lipinski definition) is 2. The van der Waals surface area contributed by atoms with Crippen LogP contribution in [0.15, 0.2) is 45.0 Å². The molecule has 0 bridgehead atoms. The van der Waals surface area contributed by atoms with Gasteiger partial charge in [0.15, 0.2) is 11.6 Å². The fourth-order valence-electron chi connectivity index (χ4n) is 4.04. The number of halogens is 3. The Kier molecular flexibility index (Phi) is 6.43. The maximum atomic E-state index is 14.5. The molecule has 0 saturated carbocycles. The van der Waals surface area contributed by atoms with E-state index in [1.54, 1.807) is 0 Å². The number of nitrogens with one attached hydrogen (secondary N) is 1. The number of hydrogen-bond acceptors (Lipinski definition) is 4. The zero-order valence-electron chi connectivity index (χ0n) is 16.5. The minimum absolute atomic E-state index is 0.0836. The Labute approximate surface area is 182 Å². The van der Waals surface area contributed by atoms with Gasteiger partial charge in [-0.1, -0.05) is 33.2 Å². The van der Waals surface area contributed by atoms with Gasteiger partial charge in [-0.05, 0) is 55.3 Å². The first-order valence-corrected chi connectivity index (χ1v) is 10.8. The van der Waals surface area contributed by atoms with Crippen LogP contribution in [0.4, 0.5) is 14.5 Å². The third kappa shape index (κ3) is 4.54. The van der Waals surface area contributed by atoms with E-state index in [1.807, 2.05) is 24.3 Å². The first kappa shape index (κ1) is 20.9. The van der Waals surface area contributed by atoms with E-state index in [0.717, 1.165) is 35.7 Å². The van der Waals surface area contributed by atoms with Gasteiger partial charge in [0.2, 0.25) is 0 Å². The lowest BCUT2D eigenvalue weighted by atomic mass is 9.95. The summed E-state index contributed by atoms with van der Waals surface area (Å²) in [5.74, 6) is -1.31. The maximum Gasteiger partial charge on any atom is 0.182 e. The van der Waals surface area contributed by atoms with Crippen LogP contribution in [-0.2, 0) is 12.8 Å². The molecule has 0 radical (unpaired) electrons. The van der Waals surface area contributed by atoms with E-state index in [0.29, 0.717) is 29.9 Å². The molecule has 1 fully saturated rings. The van der Waals surface area contributed by atoms with Crippen LogP contribution in [0.1, 0.15) is 29.5 Å². The third-order valence-electron chi connectivity index (χ3n) is 5.55. The SMILES string of the molecule is O/N=C(\Cc1cccc(Br)c1)c1cc(F)c(F)c2c1CC(=NCCN1CCCC1)N2. The Morgan fingerprint density at radius 2 is 2.00 bits per heavy atom. The van der Waals surface area contributed by atoms with Crippen LogP contribution >= 0.6 is 15.9 Å². The standard InChI is InChI=1S/C22H23BrF2N4O/c23-15-5-3-4-14(10-15)11-19(28-30)16-12-18(24)21(25)22-17(16)13-20(27-22)26-6-9-29-7-1-2-8-29/h3-5,10,12,30H,1-2,6-9,11,13H2,(H,26,27)/b28-19+. The summed E-state index contributed by atoms with van der Waals surface area (Å²) in [5.41, 5.74) is 2.21. The van der Waals surface area contributed by atoms with Gasteiger partial charge in [-0.3, -0.25) is 4.99 Å². The quantitative estimate of drug-likeness (QED) is 0.363. The smallest absolute Gasteiger partial charge is 0.182 e. The van der Waals surface area contributed by atoms with Crippen molar-refractivity contribution in [3.63, 3.8) is 0 Å². The van der Waals surface area contributed by atoms with Crippen molar-refractivity contribution >= 4 is 33.2 Å². The normalized spacial score (nSPS) is 18.1. The Morgan fingerprint density at radius 1 is 1.20 bits per heavy atom. The van der Waals surface area contributed by atoms with Crippen molar-refractivity contribution in [2.75, 3.05) is 31.5 Å². The Balaban J connectivity index is 1.57. The number of oxime groups is 1. The molecule has 4 rings (SSSR count). The van der Waals surface area contributed by atoms with E-state index in [1.165, 1.54) is 12.8 Å². The highest BCUT2D eigenvalue weighted by Crippen LogP contribution is 2.33. The highest BCUT2D eigenvalue weighted by Gasteiger charge is 2.28. The zero-order valence-corrected chi connectivity index (χ0v) is 18.1. The highest BCUT2D eigenvalue weighted by atomic mass is 79.9. The molecule has 0 unspecified atom stereocenters. The van der Waals surface area contributed by atoms with Gasteiger partial charge in [0, 0.05) is 29.4 Å². The summed E-state index contributed by atoms with van der Waals surface area (Å²) in [5, 5.41) is 16.0. The van der Waals surface area contributed by atoms with Crippen molar-refractivity contribution in [2.45, 2.75) is 25.7 Å².